The zero-order chi connectivity index (χ0) is 14.4. The highest BCUT2D eigenvalue weighted by molar-refractivity contribution is 4.85. The SMILES string of the molecule is CCCNC(CCC1CCCO1)C1CC(C)CC(C)C1. The summed E-state index contributed by atoms with van der Waals surface area (Å²) >= 11 is 0. The molecule has 0 radical (unpaired) electrons. The van der Waals surface area contributed by atoms with Gasteiger partial charge >= 0.3 is 0 Å². The molecule has 0 aromatic heterocycles. The number of hydrogen-bond acceptors (Lipinski definition) is 2. The summed E-state index contributed by atoms with van der Waals surface area (Å²) < 4.78 is 5.81. The quantitative estimate of drug-likeness (QED) is 0.747. The molecule has 2 aliphatic rings. The first-order valence-electron chi connectivity index (χ1n) is 9.04. The van der Waals surface area contributed by atoms with E-state index < -0.39 is 0 Å². The summed E-state index contributed by atoms with van der Waals surface area (Å²) in [7, 11) is 0. The van der Waals surface area contributed by atoms with Gasteiger partial charge in [-0.2, -0.15) is 0 Å². The van der Waals surface area contributed by atoms with Gasteiger partial charge in [-0.3, -0.25) is 0 Å². The Morgan fingerprint density at radius 1 is 1.15 bits per heavy atom. The van der Waals surface area contributed by atoms with E-state index in [1.165, 1.54) is 57.9 Å². The van der Waals surface area contributed by atoms with Gasteiger partial charge in [0.05, 0.1) is 6.10 Å². The van der Waals surface area contributed by atoms with Crippen molar-refractivity contribution in [2.45, 2.75) is 84.3 Å². The Hall–Kier alpha value is -0.0800. The minimum absolute atomic E-state index is 0.555. The predicted molar refractivity (Wildman–Crippen MR) is 86.0 cm³/mol. The Labute approximate surface area is 126 Å². The van der Waals surface area contributed by atoms with Crippen LogP contribution in [-0.2, 0) is 4.74 Å². The van der Waals surface area contributed by atoms with Crippen molar-refractivity contribution in [3.8, 4) is 0 Å². The zero-order valence-corrected chi connectivity index (χ0v) is 13.9. The van der Waals surface area contributed by atoms with Crippen LogP contribution in [0.2, 0.25) is 0 Å². The lowest BCUT2D eigenvalue weighted by Crippen LogP contribution is -2.40. The number of hydrogen-bond donors (Lipinski definition) is 1. The van der Waals surface area contributed by atoms with Crippen LogP contribution in [0.3, 0.4) is 0 Å². The van der Waals surface area contributed by atoms with Crippen LogP contribution in [0, 0.1) is 17.8 Å². The molecule has 4 atom stereocenters. The van der Waals surface area contributed by atoms with Gasteiger partial charge in [0.25, 0.3) is 0 Å². The normalized spacial score (nSPS) is 36.1. The van der Waals surface area contributed by atoms with E-state index in [0.29, 0.717) is 6.10 Å². The summed E-state index contributed by atoms with van der Waals surface area (Å²) in [6.45, 7) is 9.33. The average molecular weight is 281 g/mol. The summed E-state index contributed by atoms with van der Waals surface area (Å²) in [5.74, 6) is 2.72. The highest BCUT2D eigenvalue weighted by Gasteiger charge is 2.30. The van der Waals surface area contributed by atoms with Gasteiger partial charge < -0.3 is 10.1 Å². The lowest BCUT2D eigenvalue weighted by molar-refractivity contribution is 0.0919. The second-order valence-corrected chi connectivity index (χ2v) is 7.45. The van der Waals surface area contributed by atoms with Gasteiger partial charge in [-0.25, -0.2) is 0 Å². The molecule has 2 nitrogen and oxygen atoms in total. The summed E-state index contributed by atoms with van der Waals surface area (Å²) in [6, 6.07) is 0.726. The summed E-state index contributed by atoms with van der Waals surface area (Å²) in [4.78, 5) is 0. The molecule has 20 heavy (non-hydrogen) atoms. The minimum atomic E-state index is 0.555. The van der Waals surface area contributed by atoms with Crippen LogP contribution in [0.4, 0.5) is 0 Å². The molecule has 0 spiro atoms. The molecule has 2 rings (SSSR count). The topological polar surface area (TPSA) is 21.3 Å². The summed E-state index contributed by atoms with van der Waals surface area (Å²) in [5.41, 5.74) is 0. The fraction of sp³-hybridized carbons (Fsp3) is 1.00. The van der Waals surface area contributed by atoms with Gasteiger partial charge in [0, 0.05) is 12.6 Å². The van der Waals surface area contributed by atoms with Crippen molar-refractivity contribution < 1.29 is 4.74 Å². The van der Waals surface area contributed by atoms with Crippen molar-refractivity contribution in [3.63, 3.8) is 0 Å². The van der Waals surface area contributed by atoms with Crippen molar-refractivity contribution in [1.82, 2.24) is 5.32 Å². The smallest absolute Gasteiger partial charge is 0.0576 e. The van der Waals surface area contributed by atoms with Gasteiger partial charge in [-0.15, -0.1) is 0 Å². The fourth-order valence-electron chi connectivity index (χ4n) is 4.41. The maximum Gasteiger partial charge on any atom is 0.0576 e. The van der Waals surface area contributed by atoms with E-state index in [1.54, 1.807) is 0 Å². The molecule has 0 bridgehead atoms. The Bertz CT molecular complexity index is 252. The van der Waals surface area contributed by atoms with Gasteiger partial charge in [0.2, 0.25) is 0 Å². The first-order valence-corrected chi connectivity index (χ1v) is 9.04. The average Bonchev–Trinajstić information content (AvgIpc) is 2.91. The van der Waals surface area contributed by atoms with E-state index >= 15 is 0 Å². The summed E-state index contributed by atoms with van der Waals surface area (Å²) in [6.07, 6.45) is 11.2. The molecule has 4 unspecified atom stereocenters. The second-order valence-electron chi connectivity index (χ2n) is 7.45. The molecule has 1 saturated carbocycles. The van der Waals surface area contributed by atoms with Crippen LogP contribution < -0.4 is 5.32 Å². The minimum Gasteiger partial charge on any atom is -0.378 e. The van der Waals surface area contributed by atoms with E-state index in [2.05, 4.69) is 26.1 Å². The van der Waals surface area contributed by atoms with Gasteiger partial charge in [-0.1, -0.05) is 20.8 Å². The maximum absolute atomic E-state index is 5.81. The molecule has 0 aromatic carbocycles. The molecule has 2 fully saturated rings. The fourth-order valence-corrected chi connectivity index (χ4v) is 4.41. The van der Waals surface area contributed by atoms with Crippen LogP contribution in [0.25, 0.3) is 0 Å². The van der Waals surface area contributed by atoms with Crippen LogP contribution in [0.1, 0.15) is 72.1 Å². The summed E-state index contributed by atoms with van der Waals surface area (Å²) in [5, 5.41) is 3.85. The van der Waals surface area contributed by atoms with Crippen molar-refractivity contribution >= 4 is 0 Å². The van der Waals surface area contributed by atoms with Crippen LogP contribution in [-0.4, -0.2) is 25.3 Å². The first kappa shape index (κ1) is 16.3. The third-order valence-corrected chi connectivity index (χ3v) is 5.26. The van der Waals surface area contributed by atoms with E-state index in [-0.39, 0.29) is 0 Å². The second kappa shape index (κ2) is 8.38. The Morgan fingerprint density at radius 3 is 2.50 bits per heavy atom. The molecule has 1 saturated heterocycles. The Kier molecular flexibility index (Phi) is 6.83. The third-order valence-electron chi connectivity index (χ3n) is 5.26. The van der Waals surface area contributed by atoms with Gasteiger partial charge in [0.1, 0.15) is 0 Å². The maximum atomic E-state index is 5.81. The molecule has 118 valence electrons. The van der Waals surface area contributed by atoms with Crippen LogP contribution in [0.15, 0.2) is 0 Å². The van der Waals surface area contributed by atoms with E-state index in [0.717, 1.165) is 30.4 Å². The highest BCUT2D eigenvalue weighted by Crippen LogP contribution is 2.36. The number of rotatable bonds is 7. The third kappa shape index (κ3) is 5.04. The number of nitrogens with one attached hydrogen (secondary N) is 1. The molecule has 1 aliphatic heterocycles. The zero-order valence-electron chi connectivity index (χ0n) is 13.9. The van der Waals surface area contributed by atoms with Gasteiger partial charge in [-0.05, 0) is 75.7 Å². The molecular weight excluding hydrogens is 246 g/mol. The Morgan fingerprint density at radius 2 is 1.90 bits per heavy atom. The molecule has 2 heteroatoms. The molecule has 1 N–H and O–H groups in total. The standard InChI is InChI=1S/C18H35NO/c1-4-9-19-18(8-7-17-6-5-10-20-17)16-12-14(2)11-15(3)13-16/h14-19H,4-13H2,1-3H3. The lowest BCUT2D eigenvalue weighted by Gasteiger charge is -2.37. The monoisotopic (exact) mass is 281 g/mol. The lowest BCUT2D eigenvalue weighted by atomic mass is 9.73. The molecular formula is C18H35NO. The van der Waals surface area contributed by atoms with E-state index in [4.69, 9.17) is 4.74 Å². The molecule has 1 aliphatic carbocycles. The van der Waals surface area contributed by atoms with E-state index in [1.807, 2.05) is 0 Å². The van der Waals surface area contributed by atoms with Crippen LogP contribution in [0.5, 0.6) is 0 Å². The predicted octanol–water partition coefficient (Wildman–Crippen LogP) is 4.39. The molecule has 1 heterocycles. The van der Waals surface area contributed by atoms with Crippen molar-refractivity contribution in [1.29, 1.82) is 0 Å². The van der Waals surface area contributed by atoms with Crippen molar-refractivity contribution in [2.75, 3.05) is 13.2 Å². The largest absolute Gasteiger partial charge is 0.378 e. The van der Waals surface area contributed by atoms with Crippen LogP contribution >= 0.6 is 0 Å². The molecule has 0 aromatic rings. The Balaban J connectivity index is 1.84. The number of ether oxygens (including phenoxy) is 1. The van der Waals surface area contributed by atoms with Crippen molar-refractivity contribution in [2.24, 2.45) is 17.8 Å². The van der Waals surface area contributed by atoms with Crippen molar-refractivity contribution in [3.05, 3.63) is 0 Å². The highest BCUT2D eigenvalue weighted by atomic mass is 16.5. The van der Waals surface area contributed by atoms with Gasteiger partial charge in [0.15, 0.2) is 0 Å². The first-order chi connectivity index (χ1) is 9.69. The van der Waals surface area contributed by atoms with E-state index in [9.17, 15) is 0 Å². The molecule has 0 amide bonds.